The number of nitrogens with one attached hydrogen (secondary N) is 1. The van der Waals surface area contributed by atoms with Gasteiger partial charge in [-0.1, -0.05) is 18.2 Å². The number of aliphatic carboxylic acids is 1. The van der Waals surface area contributed by atoms with E-state index in [4.69, 9.17) is 4.42 Å². The number of hydrogen-bond donors (Lipinski definition) is 2. The van der Waals surface area contributed by atoms with Crippen molar-refractivity contribution in [3.63, 3.8) is 0 Å². The van der Waals surface area contributed by atoms with Crippen molar-refractivity contribution in [3.8, 4) is 0 Å². The minimum atomic E-state index is -0.855. The molecule has 3 aromatic rings. The molecule has 24 heavy (non-hydrogen) atoms. The molecule has 2 unspecified atom stereocenters. The number of rotatable bonds is 3. The van der Waals surface area contributed by atoms with Gasteiger partial charge >= 0.3 is 5.97 Å². The summed E-state index contributed by atoms with van der Waals surface area (Å²) in [5.74, 6) is -1.95. The van der Waals surface area contributed by atoms with Gasteiger partial charge in [0.05, 0.1) is 12.2 Å². The third-order valence-corrected chi connectivity index (χ3v) is 4.77. The number of furan rings is 1. The van der Waals surface area contributed by atoms with Crippen molar-refractivity contribution < 1.29 is 18.7 Å². The van der Waals surface area contributed by atoms with Crippen molar-refractivity contribution >= 4 is 16.9 Å². The molecule has 1 aliphatic rings. The molecule has 2 aromatic carbocycles. The molecule has 1 saturated heterocycles. The first-order valence-electron chi connectivity index (χ1n) is 7.82. The fraction of sp³-hybridized carbons (Fsp3) is 0.211. The zero-order valence-corrected chi connectivity index (χ0v) is 12.8. The highest BCUT2D eigenvalue weighted by atomic mass is 19.1. The van der Waals surface area contributed by atoms with Crippen molar-refractivity contribution in [2.45, 2.75) is 12.0 Å². The molecule has 122 valence electrons. The minimum Gasteiger partial charge on any atom is -0.481 e. The lowest BCUT2D eigenvalue weighted by molar-refractivity contribution is -0.142. The lowest BCUT2D eigenvalue weighted by Crippen LogP contribution is -2.25. The van der Waals surface area contributed by atoms with Gasteiger partial charge in [-0.15, -0.1) is 0 Å². The fourth-order valence-corrected chi connectivity index (χ4v) is 3.59. The molecule has 0 saturated carbocycles. The topological polar surface area (TPSA) is 62.5 Å². The molecule has 3 atom stereocenters. The van der Waals surface area contributed by atoms with Gasteiger partial charge < -0.3 is 14.8 Å². The van der Waals surface area contributed by atoms with Crippen LogP contribution in [0.25, 0.3) is 11.0 Å². The van der Waals surface area contributed by atoms with Gasteiger partial charge in [-0.2, -0.15) is 0 Å². The van der Waals surface area contributed by atoms with Gasteiger partial charge in [0.1, 0.15) is 11.4 Å². The first-order chi connectivity index (χ1) is 11.6. The normalized spacial score (nSPS) is 23.6. The van der Waals surface area contributed by atoms with Gasteiger partial charge in [-0.25, -0.2) is 4.39 Å². The van der Waals surface area contributed by atoms with E-state index in [1.807, 2.05) is 24.3 Å². The maximum Gasteiger partial charge on any atom is 0.309 e. The van der Waals surface area contributed by atoms with Crippen LogP contribution in [0.3, 0.4) is 0 Å². The van der Waals surface area contributed by atoms with Crippen LogP contribution in [0.5, 0.6) is 0 Å². The first kappa shape index (κ1) is 14.9. The molecule has 5 heteroatoms. The Morgan fingerprint density at radius 1 is 1.12 bits per heavy atom. The van der Waals surface area contributed by atoms with E-state index in [1.165, 1.54) is 12.1 Å². The Bertz CT molecular complexity index is 887. The largest absolute Gasteiger partial charge is 0.481 e. The molecule has 0 aliphatic carbocycles. The van der Waals surface area contributed by atoms with Crippen molar-refractivity contribution in [1.29, 1.82) is 0 Å². The fourth-order valence-electron chi connectivity index (χ4n) is 3.59. The first-order valence-corrected chi connectivity index (χ1v) is 7.82. The van der Waals surface area contributed by atoms with Crippen molar-refractivity contribution in [2.75, 3.05) is 6.54 Å². The Morgan fingerprint density at radius 3 is 2.62 bits per heavy atom. The second-order valence-corrected chi connectivity index (χ2v) is 6.13. The van der Waals surface area contributed by atoms with Gasteiger partial charge in [0.15, 0.2) is 0 Å². The van der Waals surface area contributed by atoms with Crippen LogP contribution in [0.4, 0.5) is 4.39 Å². The van der Waals surface area contributed by atoms with Crippen molar-refractivity contribution in [3.05, 3.63) is 71.7 Å². The zero-order valence-electron chi connectivity index (χ0n) is 12.8. The Morgan fingerprint density at radius 2 is 1.88 bits per heavy atom. The number of halogens is 1. The summed E-state index contributed by atoms with van der Waals surface area (Å²) in [6, 6.07) is 13.3. The van der Waals surface area contributed by atoms with E-state index in [-0.39, 0.29) is 17.8 Å². The summed E-state index contributed by atoms with van der Waals surface area (Å²) in [7, 11) is 0. The van der Waals surface area contributed by atoms with Crippen LogP contribution in [-0.4, -0.2) is 17.6 Å². The Labute approximate surface area is 137 Å². The predicted octanol–water partition coefficient (Wildman–Crippen LogP) is 3.70. The summed E-state index contributed by atoms with van der Waals surface area (Å²) >= 11 is 0. The number of carbonyl (C=O) groups is 1. The molecule has 2 heterocycles. The molecule has 1 fully saturated rings. The summed E-state index contributed by atoms with van der Waals surface area (Å²) in [5.41, 5.74) is 2.54. The van der Waals surface area contributed by atoms with Gasteiger partial charge in [-0.3, -0.25) is 4.79 Å². The van der Waals surface area contributed by atoms with Gasteiger partial charge in [0.2, 0.25) is 0 Å². The highest BCUT2D eigenvalue weighted by Gasteiger charge is 2.42. The molecule has 4 nitrogen and oxygen atoms in total. The van der Waals surface area contributed by atoms with E-state index in [0.29, 0.717) is 6.54 Å². The lowest BCUT2D eigenvalue weighted by Gasteiger charge is -2.21. The second-order valence-electron chi connectivity index (χ2n) is 6.13. The van der Waals surface area contributed by atoms with Crippen molar-refractivity contribution in [1.82, 2.24) is 5.32 Å². The van der Waals surface area contributed by atoms with E-state index < -0.39 is 11.9 Å². The third-order valence-electron chi connectivity index (χ3n) is 4.77. The Hall–Kier alpha value is -2.66. The lowest BCUT2D eigenvalue weighted by atomic mass is 9.82. The van der Waals surface area contributed by atoms with Gasteiger partial charge in [0.25, 0.3) is 0 Å². The number of fused-ring (bicyclic) bond motifs is 1. The van der Waals surface area contributed by atoms with Crippen LogP contribution in [0.15, 0.2) is 59.2 Å². The SMILES string of the molecule is O=C(O)[C@H]1C(c2ccc3occc3c2)CNC1c1ccc(F)cc1. The molecule has 0 spiro atoms. The van der Waals surface area contributed by atoms with Gasteiger partial charge in [-0.05, 0) is 41.5 Å². The Balaban J connectivity index is 1.70. The highest BCUT2D eigenvalue weighted by Crippen LogP contribution is 2.40. The van der Waals surface area contributed by atoms with Crippen molar-refractivity contribution in [2.24, 2.45) is 5.92 Å². The summed E-state index contributed by atoms with van der Waals surface area (Å²) < 4.78 is 18.5. The maximum atomic E-state index is 13.1. The number of benzene rings is 2. The summed E-state index contributed by atoms with van der Waals surface area (Å²) in [4.78, 5) is 11.9. The molecule has 0 radical (unpaired) electrons. The van der Waals surface area contributed by atoms with Crippen LogP contribution < -0.4 is 5.32 Å². The highest BCUT2D eigenvalue weighted by molar-refractivity contribution is 5.79. The monoisotopic (exact) mass is 325 g/mol. The summed E-state index contributed by atoms with van der Waals surface area (Å²) in [5, 5.41) is 14.0. The van der Waals surface area contributed by atoms with Crippen LogP contribution >= 0.6 is 0 Å². The molecule has 0 amide bonds. The standard InChI is InChI=1S/C19H16FNO3/c20-14-4-1-11(2-5-14)18-17(19(22)23)15(10-21-18)12-3-6-16-13(9-12)7-8-24-16/h1-9,15,17-18,21H,10H2,(H,22,23)/t15?,17-,18?/m0/s1. The number of carboxylic acid groups (broad SMARTS) is 1. The van der Waals surface area contributed by atoms with Gasteiger partial charge in [0, 0.05) is 23.9 Å². The summed E-state index contributed by atoms with van der Waals surface area (Å²) in [6.45, 7) is 0.558. The molecule has 2 N–H and O–H groups in total. The molecule has 4 rings (SSSR count). The van der Waals surface area contributed by atoms with E-state index in [9.17, 15) is 14.3 Å². The average Bonchev–Trinajstić information content (AvgIpc) is 3.21. The quantitative estimate of drug-likeness (QED) is 0.771. The van der Waals surface area contributed by atoms with Crippen LogP contribution in [-0.2, 0) is 4.79 Å². The van der Waals surface area contributed by atoms with E-state index >= 15 is 0 Å². The summed E-state index contributed by atoms with van der Waals surface area (Å²) in [6.07, 6.45) is 1.62. The minimum absolute atomic E-state index is 0.156. The second kappa shape index (κ2) is 5.76. The predicted molar refractivity (Wildman–Crippen MR) is 87.2 cm³/mol. The molecule has 1 aromatic heterocycles. The molecule has 1 aliphatic heterocycles. The third kappa shape index (κ3) is 2.47. The van der Waals surface area contributed by atoms with Crippen LogP contribution in [0.1, 0.15) is 23.1 Å². The Kier molecular flexibility index (Phi) is 3.58. The number of carboxylic acids is 1. The molecule has 0 bridgehead atoms. The average molecular weight is 325 g/mol. The smallest absolute Gasteiger partial charge is 0.309 e. The molecular formula is C19H16FNO3. The zero-order chi connectivity index (χ0) is 16.7. The van der Waals surface area contributed by atoms with E-state index in [0.717, 1.165) is 22.1 Å². The maximum absolute atomic E-state index is 13.1. The van der Waals surface area contributed by atoms with E-state index in [1.54, 1.807) is 18.4 Å². The van der Waals surface area contributed by atoms with Crippen LogP contribution in [0, 0.1) is 11.7 Å². The van der Waals surface area contributed by atoms with Crippen LogP contribution in [0.2, 0.25) is 0 Å². The van der Waals surface area contributed by atoms with E-state index in [2.05, 4.69) is 5.32 Å². The number of hydrogen-bond acceptors (Lipinski definition) is 3. The molecular weight excluding hydrogens is 309 g/mol.